The molecule has 0 bridgehead atoms. The molecule has 0 heterocycles. The second kappa shape index (κ2) is 5.47. The summed E-state index contributed by atoms with van der Waals surface area (Å²) in [6, 6.07) is 10.9. The van der Waals surface area contributed by atoms with Crippen molar-refractivity contribution in [2.75, 3.05) is 0 Å². The molecule has 0 aromatic heterocycles. The Labute approximate surface area is 94.6 Å². The van der Waals surface area contributed by atoms with E-state index in [0.717, 1.165) is 6.61 Å². The predicted molar refractivity (Wildman–Crippen MR) is 68.5 cm³/mol. The Morgan fingerprint density at radius 2 is 1.73 bits per heavy atom. The number of hydrogen-bond acceptors (Lipinski definition) is 1. The van der Waals surface area contributed by atoms with E-state index in [1.807, 2.05) is 0 Å². The van der Waals surface area contributed by atoms with Crippen LogP contribution in [0.1, 0.15) is 25.0 Å². The van der Waals surface area contributed by atoms with E-state index >= 15 is 0 Å². The van der Waals surface area contributed by atoms with Gasteiger partial charge in [-0.15, -0.1) is 0 Å². The van der Waals surface area contributed by atoms with Crippen molar-refractivity contribution in [2.24, 2.45) is 0 Å². The molecule has 1 aromatic rings. The highest BCUT2D eigenvalue weighted by Gasteiger charge is 2.24. The highest BCUT2D eigenvalue weighted by atomic mass is 28.4. The summed E-state index contributed by atoms with van der Waals surface area (Å²) in [4.78, 5) is 0. The second-order valence-corrected chi connectivity index (χ2v) is 8.97. The average Bonchev–Trinajstić information content (AvgIpc) is 2.28. The van der Waals surface area contributed by atoms with Gasteiger partial charge >= 0.3 is 0 Å². The standard InChI is InChI=1S/C13H22OSi/c1-5-15(4,6-2)14-11-13-10-8-7-9-12(13)3/h7-10H,5-6,11H2,1-4H3. The fraction of sp³-hybridized carbons (Fsp3) is 0.538. The van der Waals surface area contributed by atoms with Crippen molar-refractivity contribution >= 4 is 8.32 Å². The molecule has 15 heavy (non-hydrogen) atoms. The van der Waals surface area contributed by atoms with Gasteiger partial charge in [-0.2, -0.15) is 0 Å². The maximum atomic E-state index is 6.13. The van der Waals surface area contributed by atoms with Gasteiger partial charge in [0.1, 0.15) is 0 Å². The molecule has 0 radical (unpaired) electrons. The zero-order chi connectivity index (χ0) is 11.3. The molecule has 0 N–H and O–H groups in total. The largest absolute Gasteiger partial charge is 0.413 e. The SMILES string of the molecule is CC[Si](C)(CC)OCc1ccccc1C. The van der Waals surface area contributed by atoms with Crippen LogP contribution in [0, 0.1) is 6.92 Å². The molecule has 0 fully saturated rings. The molecule has 0 unspecified atom stereocenters. The molecular weight excluding hydrogens is 200 g/mol. The summed E-state index contributed by atoms with van der Waals surface area (Å²) < 4.78 is 6.13. The smallest absolute Gasteiger partial charge is 0.189 e. The first-order chi connectivity index (χ1) is 7.11. The van der Waals surface area contributed by atoms with Crippen LogP contribution in [-0.4, -0.2) is 8.32 Å². The lowest BCUT2D eigenvalue weighted by molar-refractivity contribution is 0.291. The summed E-state index contributed by atoms with van der Waals surface area (Å²) in [6.45, 7) is 9.75. The minimum atomic E-state index is -1.40. The van der Waals surface area contributed by atoms with Crippen LogP contribution in [0.2, 0.25) is 18.6 Å². The van der Waals surface area contributed by atoms with Gasteiger partial charge in [0, 0.05) is 0 Å². The van der Waals surface area contributed by atoms with Crippen molar-refractivity contribution in [1.82, 2.24) is 0 Å². The molecule has 0 aliphatic rings. The quantitative estimate of drug-likeness (QED) is 0.681. The second-order valence-electron chi connectivity index (χ2n) is 4.37. The zero-order valence-corrected chi connectivity index (χ0v) is 11.3. The number of rotatable bonds is 5. The van der Waals surface area contributed by atoms with Crippen LogP contribution in [0.15, 0.2) is 24.3 Å². The first-order valence-electron chi connectivity index (χ1n) is 5.80. The fourth-order valence-corrected chi connectivity index (χ4v) is 2.89. The van der Waals surface area contributed by atoms with Gasteiger partial charge in [0.2, 0.25) is 0 Å². The van der Waals surface area contributed by atoms with Gasteiger partial charge in [0.05, 0.1) is 6.61 Å². The lowest BCUT2D eigenvalue weighted by Gasteiger charge is -2.24. The van der Waals surface area contributed by atoms with E-state index in [1.165, 1.54) is 23.2 Å². The summed E-state index contributed by atoms with van der Waals surface area (Å²) in [5.74, 6) is 0. The molecule has 84 valence electrons. The van der Waals surface area contributed by atoms with Crippen molar-refractivity contribution in [3.63, 3.8) is 0 Å². The summed E-state index contributed by atoms with van der Waals surface area (Å²) in [5.41, 5.74) is 2.67. The minimum absolute atomic E-state index is 0.789. The Kier molecular flexibility index (Phi) is 4.55. The molecule has 0 aliphatic heterocycles. The van der Waals surface area contributed by atoms with Crippen LogP contribution in [0.4, 0.5) is 0 Å². The highest BCUT2D eigenvalue weighted by molar-refractivity contribution is 6.72. The van der Waals surface area contributed by atoms with E-state index in [0.29, 0.717) is 0 Å². The summed E-state index contributed by atoms with van der Waals surface area (Å²) in [6.07, 6.45) is 0. The molecule has 0 spiro atoms. The Morgan fingerprint density at radius 3 is 2.27 bits per heavy atom. The van der Waals surface area contributed by atoms with Crippen molar-refractivity contribution in [1.29, 1.82) is 0 Å². The Balaban J connectivity index is 2.61. The van der Waals surface area contributed by atoms with E-state index in [-0.39, 0.29) is 0 Å². The highest BCUT2D eigenvalue weighted by Crippen LogP contribution is 2.19. The van der Waals surface area contributed by atoms with Gasteiger partial charge in [-0.05, 0) is 36.7 Å². The van der Waals surface area contributed by atoms with E-state index in [4.69, 9.17) is 4.43 Å². The van der Waals surface area contributed by atoms with Crippen molar-refractivity contribution in [3.05, 3.63) is 35.4 Å². The summed E-state index contributed by atoms with van der Waals surface area (Å²) in [7, 11) is -1.40. The van der Waals surface area contributed by atoms with Crippen molar-refractivity contribution in [2.45, 2.75) is 46.0 Å². The third-order valence-corrected chi connectivity index (χ3v) is 7.17. The summed E-state index contributed by atoms with van der Waals surface area (Å²) >= 11 is 0. The third kappa shape index (κ3) is 3.47. The molecule has 0 saturated carbocycles. The van der Waals surface area contributed by atoms with Gasteiger partial charge < -0.3 is 4.43 Å². The molecule has 1 aromatic carbocycles. The van der Waals surface area contributed by atoms with E-state index in [1.54, 1.807) is 0 Å². The van der Waals surface area contributed by atoms with E-state index in [2.05, 4.69) is 51.6 Å². The first-order valence-corrected chi connectivity index (χ1v) is 8.62. The Morgan fingerprint density at radius 1 is 1.13 bits per heavy atom. The monoisotopic (exact) mass is 222 g/mol. The molecule has 2 heteroatoms. The van der Waals surface area contributed by atoms with Crippen LogP contribution >= 0.6 is 0 Å². The minimum Gasteiger partial charge on any atom is -0.413 e. The maximum absolute atomic E-state index is 6.13. The number of aryl methyl sites for hydroxylation is 1. The van der Waals surface area contributed by atoms with E-state index in [9.17, 15) is 0 Å². The van der Waals surface area contributed by atoms with Gasteiger partial charge in [0.15, 0.2) is 8.32 Å². The third-order valence-electron chi connectivity index (χ3n) is 3.33. The van der Waals surface area contributed by atoms with Crippen LogP contribution in [-0.2, 0) is 11.0 Å². The van der Waals surface area contributed by atoms with Gasteiger partial charge in [-0.3, -0.25) is 0 Å². The lowest BCUT2D eigenvalue weighted by atomic mass is 10.1. The average molecular weight is 222 g/mol. The lowest BCUT2D eigenvalue weighted by Crippen LogP contribution is -2.32. The predicted octanol–water partition coefficient (Wildman–Crippen LogP) is 4.13. The van der Waals surface area contributed by atoms with E-state index < -0.39 is 8.32 Å². The molecule has 0 aliphatic carbocycles. The molecule has 1 rings (SSSR count). The van der Waals surface area contributed by atoms with Gasteiger partial charge in [-0.1, -0.05) is 38.1 Å². The molecule has 0 atom stereocenters. The number of hydrogen-bond donors (Lipinski definition) is 0. The zero-order valence-electron chi connectivity index (χ0n) is 10.3. The fourth-order valence-electron chi connectivity index (χ4n) is 1.48. The Bertz CT molecular complexity index is 305. The first kappa shape index (κ1) is 12.5. The van der Waals surface area contributed by atoms with Crippen molar-refractivity contribution < 1.29 is 4.43 Å². The molecule has 0 saturated heterocycles. The van der Waals surface area contributed by atoms with Crippen LogP contribution in [0.3, 0.4) is 0 Å². The normalized spacial score (nSPS) is 11.7. The van der Waals surface area contributed by atoms with Crippen molar-refractivity contribution in [3.8, 4) is 0 Å². The molecule has 1 nitrogen and oxygen atoms in total. The number of benzene rings is 1. The molecular formula is C13H22OSi. The summed E-state index contributed by atoms with van der Waals surface area (Å²) in [5, 5.41) is 0. The van der Waals surface area contributed by atoms with Gasteiger partial charge in [0.25, 0.3) is 0 Å². The Hall–Kier alpha value is -0.603. The van der Waals surface area contributed by atoms with Gasteiger partial charge in [-0.25, -0.2) is 0 Å². The maximum Gasteiger partial charge on any atom is 0.189 e. The van der Waals surface area contributed by atoms with Crippen LogP contribution in [0.5, 0.6) is 0 Å². The molecule has 0 amide bonds. The topological polar surface area (TPSA) is 9.23 Å². The van der Waals surface area contributed by atoms with Crippen LogP contribution in [0.25, 0.3) is 0 Å². The van der Waals surface area contributed by atoms with Crippen LogP contribution < -0.4 is 0 Å².